The highest BCUT2D eigenvalue weighted by molar-refractivity contribution is 9.10. The Morgan fingerprint density at radius 1 is 1.33 bits per heavy atom. The minimum Gasteiger partial charge on any atom is -0.398 e. The van der Waals surface area contributed by atoms with E-state index in [0.29, 0.717) is 11.6 Å². The molecule has 0 heterocycles. The predicted molar refractivity (Wildman–Crippen MR) is 78.8 cm³/mol. The molecule has 0 radical (unpaired) electrons. The third-order valence-corrected chi connectivity index (χ3v) is 6.55. The first-order valence-corrected chi connectivity index (χ1v) is 8.68. The third kappa shape index (κ3) is 2.37. The number of hydrogen-bond acceptors (Lipinski definition) is 2. The van der Waals surface area contributed by atoms with Crippen LogP contribution in [0.25, 0.3) is 0 Å². The van der Waals surface area contributed by atoms with E-state index in [-0.39, 0.29) is 0 Å². The summed E-state index contributed by atoms with van der Waals surface area (Å²) in [5.41, 5.74) is 6.59. The van der Waals surface area contributed by atoms with Gasteiger partial charge in [-0.2, -0.15) is 0 Å². The Bertz CT molecular complexity index is 491. The first-order chi connectivity index (χ1) is 8.63. The van der Waals surface area contributed by atoms with Gasteiger partial charge in [-0.15, -0.1) is 0 Å². The number of anilines is 1. The summed E-state index contributed by atoms with van der Waals surface area (Å²) in [7, 11) is -0.941. The zero-order valence-corrected chi connectivity index (χ0v) is 12.7. The van der Waals surface area contributed by atoms with Gasteiger partial charge in [0.05, 0.1) is 15.7 Å². The Morgan fingerprint density at radius 2 is 2.17 bits per heavy atom. The Hall–Kier alpha value is -0.350. The van der Waals surface area contributed by atoms with Crippen molar-refractivity contribution in [2.75, 3.05) is 11.5 Å². The number of nitrogens with two attached hydrogens (primary N) is 1. The number of fused-ring (bicyclic) bond motifs is 2. The standard InChI is InChI=1S/C14H18BrNOS/c15-12-3-4-14(13(16)7-12)18(17)8-11-6-9-1-2-10(11)5-9/h3-4,7,9-11H,1-2,5-6,8,16H2. The molecule has 4 atom stereocenters. The summed E-state index contributed by atoms with van der Waals surface area (Å²) in [5, 5.41) is 0. The largest absolute Gasteiger partial charge is 0.398 e. The van der Waals surface area contributed by atoms with E-state index in [2.05, 4.69) is 15.9 Å². The molecule has 2 N–H and O–H groups in total. The highest BCUT2D eigenvalue weighted by atomic mass is 79.9. The molecule has 18 heavy (non-hydrogen) atoms. The lowest BCUT2D eigenvalue weighted by molar-refractivity contribution is 0.363. The number of nitrogen functional groups attached to an aromatic ring is 1. The normalized spacial score (nSPS) is 31.7. The van der Waals surface area contributed by atoms with Crippen molar-refractivity contribution in [1.29, 1.82) is 0 Å². The van der Waals surface area contributed by atoms with Crippen LogP contribution in [-0.2, 0) is 10.8 Å². The van der Waals surface area contributed by atoms with Gasteiger partial charge in [-0.05, 0) is 55.2 Å². The van der Waals surface area contributed by atoms with E-state index in [1.165, 1.54) is 25.7 Å². The lowest BCUT2D eigenvalue weighted by Crippen LogP contribution is -2.18. The molecular weight excluding hydrogens is 310 g/mol. The molecule has 4 heteroatoms. The smallest absolute Gasteiger partial charge is 0.0618 e. The van der Waals surface area contributed by atoms with Gasteiger partial charge in [0, 0.05) is 15.9 Å². The SMILES string of the molecule is Nc1cc(Br)ccc1S(=O)CC1CC2CCC1C2. The monoisotopic (exact) mass is 327 g/mol. The first kappa shape index (κ1) is 12.7. The van der Waals surface area contributed by atoms with Crippen LogP contribution in [0.4, 0.5) is 5.69 Å². The summed E-state index contributed by atoms with van der Waals surface area (Å²) in [6, 6.07) is 5.65. The van der Waals surface area contributed by atoms with Crippen LogP contribution in [0.2, 0.25) is 0 Å². The number of rotatable bonds is 3. The number of halogens is 1. The molecule has 2 nitrogen and oxygen atoms in total. The molecule has 2 bridgehead atoms. The topological polar surface area (TPSA) is 43.1 Å². The Morgan fingerprint density at radius 3 is 2.78 bits per heavy atom. The van der Waals surface area contributed by atoms with Gasteiger partial charge < -0.3 is 5.73 Å². The summed E-state index contributed by atoms with van der Waals surface area (Å²) in [6.07, 6.45) is 5.40. The van der Waals surface area contributed by atoms with Crippen molar-refractivity contribution >= 4 is 32.4 Å². The van der Waals surface area contributed by atoms with Gasteiger partial charge in [-0.3, -0.25) is 4.21 Å². The highest BCUT2D eigenvalue weighted by Crippen LogP contribution is 2.48. The average Bonchev–Trinajstić information content (AvgIpc) is 2.90. The van der Waals surface area contributed by atoms with Gasteiger partial charge in [0.25, 0.3) is 0 Å². The van der Waals surface area contributed by atoms with Crippen molar-refractivity contribution in [3.8, 4) is 0 Å². The van der Waals surface area contributed by atoms with Crippen molar-refractivity contribution in [3.05, 3.63) is 22.7 Å². The second-order valence-corrected chi connectivity index (χ2v) is 8.01. The maximum atomic E-state index is 12.4. The maximum absolute atomic E-state index is 12.4. The average molecular weight is 328 g/mol. The first-order valence-electron chi connectivity index (χ1n) is 6.57. The summed E-state index contributed by atoms with van der Waals surface area (Å²) in [5.74, 6) is 3.20. The van der Waals surface area contributed by atoms with Gasteiger partial charge in [-0.25, -0.2) is 0 Å². The van der Waals surface area contributed by atoms with Crippen molar-refractivity contribution in [2.24, 2.45) is 17.8 Å². The summed E-state index contributed by atoms with van der Waals surface area (Å²) in [4.78, 5) is 0.806. The Balaban J connectivity index is 1.71. The fourth-order valence-corrected chi connectivity index (χ4v) is 5.49. The zero-order chi connectivity index (χ0) is 12.7. The quantitative estimate of drug-likeness (QED) is 0.862. The van der Waals surface area contributed by atoms with Gasteiger partial charge in [-0.1, -0.05) is 22.4 Å². The molecule has 2 aliphatic carbocycles. The fourth-order valence-electron chi connectivity index (χ4n) is 3.59. The molecule has 0 saturated heterocycles. The second kappa shape index (κ2) is 4.97. The fraction of sp³-hybridized carbons (Fsp3) is 0.571. The molecule has 4 unspecified atom stereocenters. The van der Waals surface area contributed by atoms with Crippen molar-refractivity contribution in [1.82, 2.24) is 0 Å². The minimum absolute atomic E-state index is 0.644. The lowest BCUT2D eigenvalue weighted by atomic mass is 9.90. The van der Waals surface area contributed by atoms with E-state index in [0.717, 1.165) is 27.0 Å². The minimum atomic E-state index is -0.941. The molecule has 0 spiro atoms. The number of benzene rings is 1. The molecule has 2 fully saturated rings. The van der Waals surface area contributed by atoms with Crippen molar-refractivity contribution in [2.45, 2.75) is 30.6 Å². The zero-order valence-electron chi connectivity index (χ0n) is 10.3. The van der Waals surface area contributed by atoms with E-state index >= 15 is 0 Å². The molecule has 3 rings (SSSR count). The molecule has 2 aliphatic rings. The second-order valence-electron chi connectivity index (χ2n) is 5.63. The van der Waals surface area contributed by atoms with E-state index in [4.69, 9.17) is 5.73 Å². The summed E-state index contributed by atoms with van der Waals surface area (Å²) in [6.45, 7) is 0. The molecular formula is C14H18BrNOS. The summed E-state index contributed by atoms with van der Waals surface area (Å²) < 4.78 is 13.4. The predicted octanol–water partition coefficient (Wildman–Crippen LogP) is 3.58. The van der Waals surface area contributed by atoms with Crippen LogP contribution in [0.5, 0.6) is 0 Å². The van der Waals surface area contributed by atoms with E-state index < -0.39 is 10.8 Å². The van der Waals surface area contributed by atoms with Crippen LogP contribution in [0.15, 0.2) is 27.6 Å². The van der Waals surface area contributed by atoms with Gasteiger partial charge in [0.2, 0.25) is 0 Å². The van der Waals surface area contributed by atoms with Gasteiger partial charge in [0.15, 0.2) is 0 Å². The Kier molecular flexibility index (Phi) is 3.50. The number of hydrogen-bond donors (Lipinski definition) is 1. The maximum Gasteiger partial charge on any atom is 0.0618 e. The lowest BCUT2D eigenvalue weighted by Gasteiger charge is -2.21. The molecule has 98 valence electrons. The molecule has 0 aliphatic heterocycles. The molecule has 1 aromatic rings. The molecule has 0 amide bonds. The van der Waals surface area contributed by atoms with Crippen LogP contribution in [0.1, 0.15) is 25.7 Å². The van der Waals surface area contributed by atoms with E-state index in [9.17, 15) is 4.21 Å². The molecule has 1 aromatic carbocycles. The van der Waals surface area contributed by atoms with Crippen LogP contribution in [0, 0.1) is 17.8 Å². The van der Waals surface area contributed by atoms with E-state index in [1.54, 1.807) is 0 Å². The van der Waals surface area contributed by atoms with Gasteiger partial charge >= 0.3 is 0 Å². The summed E-state index contributed by atoms with van der Waals surface area (Å²) >= 11 is 3.38. The van der Waals surface area contributed by atoms with Crippen LogP contribution in [0.3, 0.4) is 0 Å². The van der Waals surface area contributed by atoms with Crippen molar-refractivity contribution in [3.63, 3.8) is 0 Å². The molecule has 0 aromatic heterocycles. The van der Waals surface area contributed by atoms with Crippen LogP contribution in [-0.4, -0.2) is 9.96 Å². The van der Waals surface area contributed by atoms with Gasteiger partial charge in [0.1, 0.15) is 0 Å². The third-order valence-electron chi connectivity index (χ3n) is 4.47. The van der Waals surface area contributed by atoms with Crippen molar-refractivity contribution < 1.29 is 4.21 Å². The Labute approximate surface area is 119 Å². The van der Waals surface area contributed by atoms with Crippen LogP contribution >= 0.6 is 15.9 Å². The molecule has 2 saturated carbocycles. The van der Waals surface area contributed by atoms with Crippen LogP contribution < -0.4 is 5.73 Å². The highest BCUT2D eigenvalue weighted by Gasteiger charge is 2.40. The van der Waals surface area contributed by atoms with E-state index in [1.807, 2.05) is 18.2 Å².